The van der Waals surface area contributed by atoms with Crippen molar-refractivity contribution in [1.29, 1.82) is 5.26 Å². The lowest BCUT2D eigenvalue weighted by Crippen LogP contribution is -2.09. The standard InChI is InChI=1S/C10H12N2O/c1-7(6-11)13-10-5-3-4-9(12)8(10)2/h3-5,7H,12H2,1-2H3. The van der Waals surface area contributed by atoms with Crippen molar-refractivity contribution < 1.29 is 4.74 Å². The molecule has 0 radical (unpaired) electrons. The molecular formula is C10H12N2O. The average molecular weight is 176 g/mol. The Bertz CT molecular complexity index is 341. The maximum Gasteiger partial charge on any atom is 0.181 e. The van der Waals surface area contributed by atoms with Gasteiger partial charge in [0.2, 0.25) is 0 Å². The van der Waals surface area contributed by atoms with E-state index >= 15 is 0 Å². The van der Waals surface area contributed by atoms with Crippen LogP contribution in [-0.2, 0) is 0 Å². The Kier molecular flexibility index (Phi) is 2.76. The second-order valence-electron chi connectivity index (χ2n) is 2.86. The molecule has 0 spiro atoms. The van der Waals surface area contributed by atoms with E-state index in [-0.39, 0.29) is 0 Å². The summed E-state index contributed by atoms with van der Waals surface area (Å²) >= 11 is 0. The van der Waals surface area contributed by atoms with Crippen molar-refractivity contribution >= 4 is 5.69 Å². The van der Waals surface area contributed by atoms with E-state index in [0.717, 1.165) is 5.56 Å². The molecule has 0 fully saturated rings. The largest absolute Gasteiger partial charge is 0.476 e. The molecule has 13 heavy (non-hydrogen) atoms. The van der Waals surface area contributed by atoms with Crippen molar-refractivity contribution in [3.05, 3.63) is 23.8 Å². The predicted molar refractivity (Wildman–Crippen MR) is 51.3 cm³/mol. The monoisotopic (exact) mass is 176 g/mol. The van der Waals surface area contributed by atoms with Crippen molar-refractivity contribution in [3.63, 3.8) is 0 Å². The molecule has 1 aromatic carbocycles. The highest BCUT2D eigenvalue weighted by Crippen LogP contribution is 2.23. The number of nitriles is 1. The molecule has 2 N–H and O–H groups in total. The van der Waals surface area contributed by atoms with Crippen LogP contribution in [0.4, 0.5) is 5.69 Å². The molecule has 3 nitrogen and oxygen atoms in total. The van der Waals surface area contributed by atoms with Crippen molar-refractivity contribution in [2.75, 3.05) is 5.73 Å². The van der Waals surface area contributed by atoms with E-state index in [0.29, 0.717) is 11.4 Å². The minimum absolute atomic E-state index is 0.444. The predicted octanol–water partition coefficient (Wildman–Crippen LogP) is 1.87. The van der Waals surface area contributed by atoms with Gasteiger partial charge in [-0.15, -0.1) is 0 Å². The van der Waals surface area contributed by atoms with E-state index in [2.05, 4.69) is 0 Å². The van der Waals surface area contributed by atoms with Crippen LogP contribution in [0.3, 0.4) is 0 Å². The molecule has 0 aromatic heterocycles. The van der Waals surface area contributed by atoms with Crippen LogP contribution < -0.4 is 10.5 Å². The van der Waals surface area contributed by atoms with Gasteiger partial charge in [-0.25, -0.2) is 0 Å². The third kappa shape index (κ3) is 2.12. The minimum atomic E-state index is -0.444. The van der Waals surface area contributed by atoms with Crippen LogP contribution in [0, 0.1) is 18.3 Å². The molecule has 0 bridgehead atoms. The molecule has 0 saturated carbocycles. The fourth-order valence-corrected chi connectivity index (χ4v) is 0.976. The van der Waals surface area contributed by atoms with Gasteiger partial charge < -0.3 is 10.5 Å². The lowest BCUT2D eigenvalue weighted by molar-refractivity contribution is 0.275. The number of benzene rings is 1. The van der Waals surface area contributed by atoms with Gasteiger partial charge in [-0.3, -0.25) is 0 Å². The van der Waals surface area contributed by atoms with E-state index < -0.39 is 6.10 Å². The van der Waals surface area contributed by atoms with Crippen LogP contribution in [0.25, 0.3) is 0 Å². The molecule has 1 rings (SSSR count). The van der Waals surface area contributed by atoms with Gasteiger partial charge in [0.15, 0.2) is 6.10 Å². The number of nitrogens with zero attached hydrogens (tertiary/aromatic N) is 1. The molecule has 1 aromatic rings. The normalized spacial score (nSPS) is 11.8. The van der Waals surface area contributed by atoms with E-state index in [4.69, 9.17) is 15.7 Å². The molecule has 0 aliphatic heterocycles. The Balaban J connectivity index is 2.90. The summed E-state index contributed by atoms with van der Waals surface area (Å²) in [5.41, 5.74) is 7.24. The Morgan fingerprint density at radius 1 is 1.54 bits per heavy atom. The number of nitrogens with two attached hydrogens (primary N) is 1. The molecule has 0 aliphatic rings. The van der Waals surface area contributed by atoms with E-state index in [1.165, 1.54) is 0 Å². The highest BCUT2D eigenvalue weighted by Gasteiger charge is 2.05. The molecule has 0 aliphatic carbocycles. The van der Waals surface area contributed by atoms with Crippen molar-refractivity contribution in [1.82, 2.24) is 0 Å². The van der Waals surface area contributed by atoms with Gasteiger partial charge >= 0.3 is 0 Å². The molecule has 3 heteroatoms. The van der Waals surface area contributed by atoms with Gasteiger partial charge in [-0.1, -0.05) is 6.07 Å². The summed E-state index contributed by atoms with van der Waals surface area (Å²) in [6.07, 6.45) is -0.444. The van der Waals surface area contributed by atoms with E-state index in [1.54, 1.807) is 19.1 Å². The highest BCUT2D eigenvalue weighted by molar-refractivity contribution is 5.53. The van der Waals surface area contributed by atoms with Crippen LogP contribution in [-0.4, -0.2) is 6.10 Å². The first kappa shape index (κ1) is 9.40. The average Bonchev–Trinajstić information content (AvgIpc) is 2.13. The van der Waals surface area contributed by atoms with Crippen LogP contribution in [0.2, 0.25) is 0 Å². The second-order valence-corrected chi connectivity index (χ2v) is 2.86. The SMILES string of the molecule is Cc1c(N)cccc1OC(C)C#N. The third-order valence-electron chi connectivity index (χ3n) is 1.81. The zero-order chi connectivity index (χ0) is 9.84. The minimum Gasteiger partial charge on any atom is -0.476 e. The summed E-state index contributed by atoms with van der Waals surface area (Å²) in [5.74, 6) is 0.675. The third-order valence-corrected chi connectivity index (χ3v) is 1.81. The number of nitrogen functional groups attached to an aromatic ring is 1. The molecule has 68 valence electrons. The Hall–Kier alpha value is -1.69. The number of hydrogen-bond donors (Lipinski definition) is 1. The van der Waals surface area contributed by atoms with Gasteiger partial charge in [-0.05, 0) is 26.0 Å². The first-order valence-electron chi connectivity index (χ1n) is 4.06. The van der Waals surface area contributed by atoms with Crippen LogP contribution in [0.1, 0.15) is 12.5 Å². The fraction of sp³-hybridized carbons (Fsp3) is 0.300. The van der Waals surface area contributed by atoms with Gasteiger partial charge in [0.1, 0.15) is 11.8 Å². The first-order chi connectivity index (χ1) is 6.15. The summed E-state index contributed by atoms with van der Waals surface area (Å²) in [6, 6.07) is 7.41. The molecule has 0 heterocycles. The maximum atomic E-state index is 8.55. The quantitative estimate of drug-likeness (QED) is 0.700. The molecule has 1 atom stereocenters. The lowest BCUT2D eigenvalue weighted by atomic mass is 10.2. The van der Waals surface area contributed by atoms with E-state index in [9.17, 15) is 0 Å². The lowest BCUT2D eigenvalue weighted by Gasteiger charge is -2.11. The van der Waals surface area contributed by atoms with Crippen LogP contribution >= 0.6 is 0 Å². The Labute approximate surface area is 77.7 Å². The summed E-state index contributed by atoms with van der Waals surface area (Å²) in [7, 11) is 0. The van der Waals surface area contributed by atoms with Crippen LogP contribution in [0.15, 0.2) is 18.2 Å². The summed E-state index contributed by atoms with van der Waals surface area (Å²) in [4.78, 5) is 0. The van der Waals surface area contributed by atoms with Gasteiger partial charge in [0.05, 0.1) is 0 Å². The number of ether oxygens (including phenoxy) is 1. The van der Waals surface area contributed by atoms with Crippen molar-refractivity contribution in [3.8, 4) is 11.8 Å². The van der Waals surface area contributed by atoms with Crippen LogP contribution in [0.5, 0.6) is 5.75 Å². The van der Waals surface area contributed by atoms with Gasteiger partial charge in [-0.2, -0.15) is 5.26 Å². The van der Waals surface area contributed by atoms with Gasteiger partial charge in [0, 0.05) is 11.3 Å². The summed E-state index contributed by atoms with van der Waals surface area (Å²) in [5, 5.41) is 8.55. The Morgan fingerprint density at radius 2 is 2.23 bits per heavy atom. The van der Waals surface area contributed by atoms with Crippen molar-refractivity contribution in [2.45, 2.75) is 20.0 Å². The second kappa shape index (κ2) is 3.81. The molecular weight excluding hydrogens is 164 g/mol. The maximum absolute atomic E-state index is 8.55. The summed E-state index contributed by atoms with van der Waals surface area (Å²) < 4.78 is 5.33. The highest BCUT2D eigenvalue weighted by atomic mass is 16.5. The number of anilines is 1. The first-order valence-corrected chi connectivity index (χ1v) is 4.06. The summed E-state index contributed by atoms with van der Waals surface area (Å²) in [6.45, 7) is 3.57. The zero-order valence-electron chi connectivity index (χ0n) is 7.74. The topological polar surface area (TPSA) is 59.0 Å². The number of rotatable bonds is 2. The van der Waals surface area contributed by atoms with Gasteiger partial charge in [0.25, 0.3) is 0 Å². The molecule has 0 amide bonds. The fourth-order valence-electron chi connectivity index (χ4n) is 0.976. The van der Waals surface area contributed by atoms with Crippen molar-refractivity contribution in [2.24, 2.45) is 0 Å². The Morgan fingerprint density at radius 3 is 2.85 bits per heavy atom. The molecule has 1 unspecified atom stereocenters. The number of hydrogen-bond acceptors (Lipinski definition) is 3. The molecule has 0 saturated heterocycles. The van der Waals surface area contributed by atoms with E-state index in [1.807, 2.05) is 19.1 Å². The zero-order valence-corrected chi connectivity index (χ0v) is 7.74. The smallest absolute Gasteiger partial charge is 0.181 e.